The van der Waals surface area contributed by atoms with Crippen LogP contribution in [0, 0.1) is 0 Å². The molecule has 136 valence electrons. The molecule has 0 spiro atoms. The zero-order chi connectivity index (χ0) is 17.9. The number of benzene rings is 2. The van der Waals surface area contributed by atoms with Crippen LogP contribution in [-0.2, 0) is 0 Å². The first-order valence-electron chi connectivity index (χ1n) is 9.10. The van der Waals surface area contributed by atoms with Gasteiger partial charge in [-0.3, -0.25) is 4.79 Å². The van der Waals surface area contributed by atoms with Gasteiger partial charge in [-0.05, 0) is 30.5 Å². The van der Waals surface area contributed by atoms with Gasteiger partial charge in [-0.2, -0.15) is 0 Å². The van der Waals surface area contributed by atoms with Crippen LogP contribution < -0.4 is 9.47 Å². The van der Waals surface area contributed by atoms with Gasteiger partial charge in [-0.15, -0.1) is 0 Å². The zero-order valence-electron chi connectivity index (χ0n) is 14.6. The van der Waals surface area contributed by atoms with Crippen LogP contribution in [0.1, 0.15) is 34.7 Å². The van der Waals surface area contributed by atoms with Gasteiger partial charge in [0.05, 0.1) is 5.02 Å². The largest absolute Gasteiger partial charge is 0.486 e. The number of ketones is 1. The Morgan fingerprint density at radius 3 is 2.62 bits per heavy atom. The molecule has 0 radical (unpaired) electrons. The Morgan fingerprint density at radius 1 is 1.12 bits per heavy atom. The Morgan fingerprint density at radius 2 is 1.85 bits per heavy atom. The van der Waals surface area contributed by atoms with Crippen molar-refractivity contribution in [3.63, 3.8) is 0 Å². The Bertz CT molecular complexity index is 793. The summed E-state index contributed by atoms with van der Waals surface area (Å²) in [6, 6.07) is 14.0. The van der Waals surface area contributed by atoms with Crippen LogP contribution in [0.5, 0.6) is 11.5 Å². The first kappa shape index (κ1) is 17.4. The maximum atomic E-state index is 12.7. The van der Waals surface area contributed by atoms with Gasteiger partial charge in [0.25, 0.3) is 0 Å². The lowest BCUT2D eigenvalue weighted by Gasteiger charge is -2.20. The van der Waals surface area contributed by atoms with E-state index in [1.54, 1.807) is 12.1 Å². The van der Waals surface area contributed by atoms with Crippen LogP contribution >= 0.6 is 11.6 Å². The van der Waals surface area contributed by atoms with Gasteiger partial charge in [0, 0.05) is 31.1 Å². The summed E-state index contributed by atoms with van der Waals surface area (Å²) >= 11 is 6.28. The number of Topliss-reactive ketones (excluding diaryl/α,β-unsaturated/α-hetero) is 1. The maximum absolute atomic E-state index is 12.7. The molecule has 4 rings (SSSR count). The molecule has 1 atom stereocenters. The third-order valence-corrected chi connectivity index (χ3v) is 5.44. The molecule has 1 fully saturated rings. The SMILES string of the molecule is O=C(CCN1CCC(c2ccccc2)C1)c1cc2c(cc1Cl)OCCO2. The van der Waals surface area contributed by atoms with E-state index in [2.05, 4.69) is 29.2 Å². The number of hydrogen-bond donors (Lipinski definition) is 0. The Hall–Kier alpha value is -2.04. The number of hydrogen-bond acceptors (Lipinski definition) is 4. The van der Waals surface area contributed by atoms with Crippen molar-refractivity contribution >= 4 is 17.4 Å². The van der Waals surface area contributed by atoms with Gasteiger partial charge in [0.2, 0.25) is 0 Å². The summed E-state index contributed by atoms with van der Waals surface area (Å²) in [6.45, 7) is 3.80. The van der Waals surface area contributed by atoms with Crippen molar-refractivity contribution in [2.75, 3.05) is 32.8 Å². The van der Waals surface area contributed by atoms with E-state index in [0.29, 0.717) is 47.6 Å². The minimum atomic E-state index is 0.0511. The Labute approximate surface area is 158 Å². The van der Waals surface area contributed by atoms with Crippen molar-refractivity contribution in [2.45, 2.75) is 18.8 Å². The summed E-state index contributed by atoms with van der Waals surface area (Å²) in [6.07, 6.45) is 1.60. The molecule has 1 unspecified atom stereocenters. The third kappa shape index (κ3) is 3.71. The lowest BCUT2D eigenvalue weighted by Crippen LogP contribution is -2.24. The first-order valence-corrected chi connectivity index (χ1v) is 9.48. The molecule has 5 heteroatoms. The van der Waals surface area contributed by atoms with Crippen LogP contribution in [0.15, 0.2) is 42.5 Å². The molecule has 1 saturated heterocycles. The molecule has 0 amide bonds. The van der Waals surface area contributed by atoms with E-state index in [-0.39, 0.29) is 5.78 Å². The Balaban J connectivity index is 1.36. The number of carbonyl (C=O) groups excluding carboxylic acids is 1. The van der Waals surface area contributed by atoms with Crippen LogP contribution in [0.2, 0.25) is 5.02 Å². The minimum Gasteiger partial charge on any atom is -0.486 e. The van der Waals surface area contributed by atoms with Crippen LogP contribution in [0.25, 0.3) is 0 Å². The molecule has 2 heterocycles. The van der Waals surface area contributed by atoms with Crippen molar-refractivity contribution < 1.29 is 14.3 Å². The van der Waals surface area contributed by atoms with Gasteiger partial charge in [-0.25, -0.2) is 0 Å². The summed E-state index contributed by atoms with van der Waals surface area (Å²) in [5, 5.41) is 0.433. The average molecular weight is 372 g/mol. The smallest absolute Gasteiger partial charge is 0.165 e. The van der Waals surface area contributed by atoms with Gasteiger partial charge < -0.3 is 14.4 Å². The maximum Gasteiger partial charge on any atom is 0.165 e. The number of fused-ring (bicyclic) bond motifs is 1. The van der Waals surface area contributed by atoms with Gasteiger partial charge >= 0.3 is 0 Å². The summed E-state index contributed by atoms with van der Waals surface area (Å²) < 4.78 is 11.1. The topological polar surface area (TPSA) is 38.8 Å². The number of nitrogens with zero attached hydrogens (tertiary/aromatic N) is 1. The summed E-state index contributed by atoms with van der Waals surface area (Å²) in [7, 11) is 0. The molecule has 2 aliphatic rings. The molecule has 0 N–H and O–H groups in total. The number of rotatable bonds is 5. The van der Waals surface area contributed by atoms with E-state index in [1.807, 2.05) is 6.07 Å². The van der Waals surface area contributed by atoms with Gasteiger partial charge in [-0.1, -0.05) is 41.9 Å². The van der Waals surface area contributed by atoms with Crippen molar-refractivity contribution in [1.29, 1.82) is 0 Å². The number of likely N-dealkylation sites (tertiary alicyclic amines) is 1. The summed E-state index contributed by atoms with van der Waals surface area (Å²) in [5.74, 6) is 1.83. The highest BCUT2D eigenvalue weighted by Crippen LogP contribution is 2.36. The van der Waals surface area contributed by atoms with E-state index in [0.717, 1.165) is 26.1 Å². The fourth-order valence-corrected chi connectivity index (χ4v) is 3.96. The second kappa shape index (κ2) is 7.68. The molecule has 0 bridgehead atoms. The quantitative estimate of drug-likeness (QED) is 0.739. The lowest BCUT2D eigenvalue weighted by molar-refractivity contribution is 0.0967. The van der Waals surface area contributed by atoms with E-state index in [9.17, 15) is 4.79 Å². The fourth-order valence-electron chi connectivity index (χ4n) is 3.71. The summed E-state index contributed by atoms with van der Waals surface area (Å²) in [5.41, 5.74) is 1.91. The summed E-state index contributed by atoms with van der Waals surface area (Å²) in [4.78, 5) is 15.0. The number of halogens is 1. The van der Waals surface area contributed by atoms with E-state index < -0.39 is 0 Å². The molecule has 4 nitrogen and oxygen atoms in total. The van der Waals surface area contributed by atoms with Crippen molar-refractivity contribution in [3.8, 4) is 11.5 Å². The molecule has 0 aliphatic carbocycles. The zero-order valence-corrected chi connectivity index (χ0v) is 15.4. The minimum absolute atomic E-state index is 0.0511. The van der Waals surface area contributed by atoms with Crippen LogP contribution in [-0.4, -0.2) is 43.5 Å². The molecule has 0 saturated carbocycles. The first-order chi connectivity index (χ1) is 12.7. The average Bonchev–Trinajstić information content (AvgIpc) is 3.15. The van der Waals surface area contributed by atoms with Gasteiger partial charge in [0.15, 0.2) is 17.3 Å². The fraction of sp³-hybridized carbons (Fsp3) is 0.381. The Kier molecular flexibility index (Phi) is 5.14. The molecule has 26 heavy (non-hydrogen) atoms. The number of ether oxygens (including phenoxy) is 2. The van der Waals surface area contributed by atoms with Crippen LogP contribution in [0.4, 0.5) is 0 Å². The highest BCUT2D eigenvalue weighted by atomic mass is 35.5. The standard InChI is InChI=1S/C21H22ClNO3/c22-18-13-21-20(25-10-11-26-21)12-17(18)19(24)7-9-23-8-6-16(14-23)15-4-2-1-3-5-15/h1-5,12-13,16H,6-11,14H2. The highest BCUT2D eigenvalue weighted by Gasteiger charge is 2.25. The third-order valence-electron chi connectivity index (χ3n) is 5.13. The van der Waals surface area contributed by atoms with Gasteiger partial charge in [0.1, 0.15) is 13.2 Å². The van der Waals surface area contributed by atoms with Crippen molar-refractivity contribution in [3.05, 3.63) is 58.6 Å². The normalized spacial score (nSPS) is 19.5. The lowest BCUT2D eigenvalue weighted by atomic mass is 9.99. The second-order valence-electron chi connectivity index (χ2n) is 6.85. The van der Waals surface area contributed by atoms with Crippen molar-refractivity contribution in [1.82, 2.24) is 4.90 Å². The highest BCUT2D eigenvalue weighted by molar-refractivity contribution is 6.34. The predicted molar refractivity (Wildman–Crippen MR) is 102 cm³/mol. The van der Waals surface area contributed by atoms with Crippen molar-refractivity contribution in [2.24, 2.45) is 0 Å². The van der Waals surface area contributed by atoms with E-state index in [1.165, 1.54) is 5.56 Å². The van der Waals surface area contributed by atoms with E-state index >= 15 is 0 Å². The van der Waals surface area contributed by atoms with E-state index in [4.69, 9.17) is 21.1 Å². The monoisotopic (exact) mass is 371 g/mol. The molecular weight excluding hydrogens is 350 g/mol. The molecule has 2 aliphatic heterocycles. The molecule has 2 aromatic carbocycles. The molecule has 2 aromatic rings. The molecule has 0 aromatic heterocycles. The second-order valence-corrected chi connectivity index (χ2v) is 7.25. The molecular formula is C21H22ClNO3. The van der Waals surface area contributed by atoms with Crippen LogP contribution in [0.3, 0.4) is 0 Å². The number of carbonyl (C=O) groups is 1. The predicted octanol–water partition coefficient (Wildman–Crippen LogP) is 4.17.